The van der Waals surface area contributed by atoms with Gasteiger partial charge in [-0.25, -0.2) is 18.8 Å². The Labute approximate surface area is 276 Å². The zero-order valence-electron chi connectivity index (χ0n) is 25.7. The molecule has 0 fully saturated rings. The number of carbonyl (C=O) groups excluding carboxylic acids is 1. The molecule has 3 N–H and O–H groups in total. The Balaban J connectivity index is 1.48. The number of amides is 1. The average molecular weight is 682 g/mol. The zero-order chi connectivity index (χ0) is 34.2. The maximum Gasteiger partial charge on any atom is 0.416 e. The summed E-state index contributed by atoms with van der Waals surface area (Å²) in [5, 5.41) is 9.03. The second kappa shape index (κ2) is 15.0. The summed E-state index contributed by atoms with van der Waals surface area (Å²) >= 11 is 0. The number of halogens is 3. The minimum absolute atomic E-state index is 0.0114. The molecule has 4 aromatic carbocycles. The third kappa shape index (κ3) is 8.22. The number of alkyl halides is 3. The molecule has 1 heterocycles. The van der Waals surface area contributed by atoms with E-state index in [4.69, 9.17) is 19.6 Å². The van der Waals surface area contributed by atoms with Crippen LogP contribution in [-0.2, 0) is 32.1 Å². The number of hydrogen-bond acceptors (Lipinski definition) is 8. The second-order valence-corrected chi connectivity index (χ2v) is 13.2. The molecule has 1 aliphatic rings. The number of aliphatic hydroxyl groups excluding tert-OH is 1. The van der Waals surface area contributed by atoms with E-state index >= 15 is 0 Å². The molecule has 0 spiro atoms. The van der Waals surface area contributed by atoms with Crippen LogP contribution in [0.5, 0.6) is 5.75 Å². The van der Waals surface area contributed by atoms with Gasteiger partial charge < -0.3 is 14.6 Å². The summed E-state index contributed by atoms with van der Waals surface area (Å²) in [6.45, 7) is 0.151. The second-order valence-electron chi connectivity index (χ2n) is 11.1. The quantitative estimate of drug-likeness (QED) is 0.120. The molecule has 2 atom stereocenters. The Morgan fingerprint density at radius 2 is 1.62 bits per heavy atom. The summed E-state index contributed by atoms with van der Waals surface area (Å²) in [5.41, 5.74) is 3.94. The summed E-state index contributed by atoms with van der Waals surface area (Å²) in [6, 6.07) is 28.0. The van der Waals surface area contributed by atoms with Crippen LogP contribution in [0.4, 0.5) is 13.2 Å². The van der Waals surface area contributed by atoms with Crippen molar-refractivity contribution in [1.82, 2.24) is 10.9 Å². The lowest BCUT2D eigenvalue weighted by Gasteiger charge is -2.30. The Morgan fingerprint density at radius 1 is 0.938 bits per heavy atom. The van der Waals surface area contributed by atoms with Crippen molar-refractivity contribution in [2.45, 2.75) is 42.1 Å². The number of nitrogens with one attached hydrogen (secondary N) is 2. The molecule has 0 aromatic heterocycles. The van der Waals surface area contributed by atoms with Gasteiger partial charge >= 0.3 is 6.18 Å². The summed E-state index contributed by atoms with van der Waals surface area (Å²) in [7, 11) is -3.87. The number of rotatable bonds is 14. The summed E-state index contributed by atoms with van der Waals surface area (Å²) in [5.74, 6) is -0.553. The van der Waals surface area contributed by atoms with E-state index in [2.05, 4.69) is 10.9 Å². The molecule has 1 amide bonds. The smallest absolute Gasteiger partial charge is 0.416 e. The molecule has 0 bridgehead atoms. The Kier molecular flexibility index (Phi) is 10.8. The first-order chi connectivity index (χ1) is 23.0. The summed E-state index contributed by atoms with van der Waals surface area (Å²) < 4.78 is 78.7. The summed E-state index contributed by atoms with van der Waals surface area (Å²) in [4.78, 5) is 19.1. The van der Waals surface area contributed by atoms with Crippen LogP contribution in [0.25, 0.3) is 0 Å². The van der Waals surface area contributed by atoms with E-state index in [1.807, 2.05) is 0 Å². The SMILES string of the molecule is O=C(NNCc1cccc(C(F)(F)F)c1)[C@@]1(CCS(=O)(=O)c2ccccc2)N=C(c2ccc(OCCCO)cc2)O[C@H]1c1ccccc1. The predicted molar refractivity (Wildman–Crippen MR) is 173 cm³/mol. The van der Waals surface area contributed by atoms with Gasteiger partial charge in [0.1, 0.15) is 5.75 Å². The topological polar surface area (TPSA) is 126 Å². The van der Waals surface area contributed by atoms with Gasteiger partial charge in [-0.2, -0.15) is 13.2 Å². The maximum atomic E-state index is 14.2. The Morgan fingerprint density at radius 3 is 2.29 bits per heavy atom. The highest BCUT2D eigenvalue weighted by molar-refractivity contribution is 7.91. The van der Waals surface area contributed by atoms with E-state index in [1.54, 1.807) is 72.8 Å². The van der Waals surface area contributed by atoms with Crippen molar-refractivity contribution in [2.75, 3.05) is 19.0 Å². The number of hydrazine groups is 1. The van der Waals surface area contributed by atoms with Gasteiger partial charge in [-0.1, -0.05) is 66.7 Å². The van der Waals surface area contributed by atoms with Crippen LogP contribution in [0.3, 0.4) is 0 Å². The number of carbonyl (C=O) groups is 1. The zero-order valence-corrected chi connectivity index (χ0v) is 26.5. The van der Waals surface area contributed by atoms with Crippen LogP contribution < -0.4 is 15.6 Å². The van der Waals surface area contributed by atoms with Gasteiger partial charge in [-0.3, -0.25) is 10.2 Å². The molecule has 252 valence electrons. The Bertz CT molecular complexity index is 1820. The van der Waals surface area contributed by atoms with Crippen molar-refractivity contribution in [2.24, 2.45) is 4.99 Å². The third-order valence-corrected chi connectivity index (χ3v) is 9.47. The van der Waals surface area contributed by atoms with Gasteiger partial charge in [-0.15, -0.1) is 0 Å². The summed E-state index contributed by atoms with van der Waals surface area (Å²) in [6.07, 6.45) is -5.42. The standard InChI is InChI=1S/C35H34F3N3O6S/c36-35(37,38)28-12-7-9-25(23-28)24-39-41-33(43)34(19-22-48(44,45)30-13-5-2-6-14-30)31(26-10-3-1-4-11-26)47-32(40-34)27-15-17-29(18-16-27)46-21-8-20-42/h1-7,9-18,23,31,39,42H,8,19-22,24H2,(H,41,43)/t31-,34-/m0/s1. The average Bonchev–Trinajstić information content (AvgIpc) is 3.49. The first-order valence-electron chi connectivity index (χ1n) is 15.1. The number of aliphatic hydroxyl groups is 1. The molecule has 48 heavy (non-hydrogen) atoms. The van der Waals surface area contributed by atoms with Gasteiger partial charge in [0.15, 0.2) is 21.5 Å². The van der Waals surface area contributed by atoms with Crippen molar-refractivity contribution in [3.63, 3.8) is 0 Å². The van der Waals surface area contributed by atoms with Crippen LogP contribution in [-0.4, -0.2) is 49.8 Å². The fourth-order valence-electron chi connectivity index (χ4n) is 5.23. The lowest BCUT2D eigenvalue weighted by molar-refractivity contribution is -0.137. The predicted octanol–water partition coefficient (Wildman–Crippen LogP) is 5.41. The molecule has 0 saturated carbocycles. The number of sulfone groups is 1. The molecule has 0 saturated heterocycles. The van der Waals surface area contributed by atoms with E-state index in [1.165, 1.54) is 24.3 Å². The van der Waals surface area contributed by atoms with E-state index in [-0.39, 0.29) is 35.9 Å². The number of aliphatic imine (C=N–C) groups is 1. The van der Waals surface area contributed by atoms with E-state index in [0.717, 1.165) is 12.1 Å². The largest absolute Gasteiger partial charge is 0.494 e. The number of hydrogen-bond donors (Lipinski definition) is 3. The van der Waals surface area contributed by atoms with Crippen LogP contribution in [0, 0.1) is 0 Å². The fourth-order valence-corrected chi connectivity index (χ4v) is 6.61. The van der Waals surface area contributed by atoms with E-state index in [9.17, 15) is 26.4 Å². The van der Waals surface area contributed by atoms with Gasteiger partial charge in [0.2, 0.25) is 5.90 Å². The van der Waals surface area contributed by atoms with E-state index < -0.39 is 44.9 Å². The molecular weight excluding hydrogens is 647 g/mol. The van der Waals surface area contributed by atoms with Crippen LogP contribution in [0.2, 0.25) is 0 Å². The van der Waals surface area contributed by atoms with Crippen LogP contribution in [0.15, 0.2) is 119 Å². The van der Waals surface area contributed by atoms with Crippen molar-refractivity contribution in [3.8, 4) is 5.75 Å². The highest BCUT2D eigenvalue weighted by Crippen LogP contribution is 2.43. The Hall–Kier alpha value is -4.72. The van der Waals surface area contributed by atoms with Gasteiger partial charge in [0.25, 0.3) is 5.91 Å². The molecule has 0 radical (unpaired) electrons. The molecule has 4 aromatic rings. The normalized spacial score (nSPS) is 17.8. The number of nitrogens with zero attached hydrogens (tertiary/aromatic N) is 1. The van der Waals surface area contributed by atoms with Gasteiger partial charge in [0.05, 0.1) is 22.8 Å². The number of ether oxygens (including phenoxy) is 2. The molecule has 13 heteroatoms. The van der Waals surface area contributed by atoms with E-state index in [0.29, 0.717) is 29.9 Å². The van der Waals surface area contributed by atoms with Gasteiger partial charge in [0, 0.05) is 31.6 Å². The monoisotopic (exact) mass is 681 g/mol. The molecular formula is C35H34F3N3O6S. The first-order valence-corrected chi connectivity index (χ1v) is 16.8. The fraction of sp³-hybridized carbons (Fsp3) is 0.257. The highest BCUT2D eigenvalue weighted by atomic mass is 32.2. The minimum atomic E-state index is -4.54. The molecule has 0 unspecified atom stereocenters. The molecule has 9 nitrogen and oxygen atoms in total. The molecule has 5 rings (SSSR count). The van der Waals surface area contributed by atoms with Crippen molar-refractivity contribution in [1.29, 1.82) is 0 Å². The minimum Gasteiger partial charge on any atom is -0.494 e. The van der Waals surface area contributed by atoms with Crippen molar-refractivity contribution < 1.29 is 41.0 Å². The molecule has 1 aliphatic heterocycles. The third-order valence-electron chi connectivity index (χ3n) is 7.74. The van der Waals surface area contributed by atoms with Crippen LogP contribution in [0.1, 0.15) is 41.2 Å². The number of benzene rings is 4. The van der Waals surface area contributed by atoms with Crippen molar-refractivity contribution in [3.05, 3.63) is 131 Å². The lowest BCUT2D eigenvalue weighted by Crippen LogP contribution is -2.53. The lowest BCUT2D eigenvalue weighted by atomic mass is 9.85. The molecule has 0 aliphatic carbocycles. The van der Waals surface area contributed by atoms with Crippen LogP contribution >= 0.6 is 0 Å². The van der Waals surface area contributed by atoms with Crippen molar-refractivity contribution >= 4 is 21.6 Å². The highest BCUT2D eigenvalue weighted by Gasteiger charge is 2.53. The first kappa shape index (κ1) is 34.6. The van der Waals surface area contributed by atoms with Gasteiger partial charge in [-0.05, 0) is 53.6 Å². The maximum absolute atomic E-state index is 14.2.